The van der Waals surface area contributed by atoms with Gasteiger partial charge in [0.15, 0.2) is 0 Å². The fourth-order valence-corrected chi connectivity index (χ4v) is 3.61. The fourth-order valence-electron chi connectivity index (χ4n) is 3.61. The number of hydrogen-bond acceptors (Lipinski definition) is 1. The molecule has 0 saturated heterocycles. The lowest BCUT2D eigenvalue weighted by molar-refractivity contribution is 0.603. The van der Waals surface area contributed by atoms with Crippen molar-refractivity contribution in [3.63, 3.8) is 0 Å². The number of benzene rings is 3. The van der Waals surface area contributed by atoms with Crippen LogP contribution in [0.25, 0.3) is 6.08 Å². The van der Waals surface area contributed by atoms with Crippen molar-refractivity contribution in [3.05, 3.63) is 108 Å². The van der Waals surface area contributed by atoms with Crippen LogP contribution in [0.1, 0.15) is 23.1 Å². The molecule has 3 aromatic rings. The molecule has 0 fully saturated rings. The molecule has 0 aliphatic carbocycles. The van der Waals surface area contributed by atoms with Crippen molar-refractivity contribution in [3.8, 4) is 0 Å². The van der Waals surface area contributed by atoms with Crippen LogP contribution in [0.5, 0.6) is 0 Å². The molecule has 1 unspecified atom stereocenters. The van der Waals surface area contributed by atoms with E-state index >= 15 is 0 Å². The van der Waals surface area contributed by atoms with E-state index in [4.69, 9.17) is 0 Å². The molecule has 0 radical (unpaired) electrons. The molecule has 1 nitrogen and oxygen atoms in total. The molecule has 1 aliphatic rings. The maximum absolute atomic E-state index is 2.55. The molecule has 0 saturated carbocycles. The van der Waals surface area contributed by atoms with E-state index in [0.29, 0.717) is 6.04 Å². The monoisotopic (exact) mass is 325 g/mol. The summed E-state index contributed by atoms with van der Waals surface area (Å²) in [7, 11) is 0. The first kappa shape index (κ1) is 15.7. The standard InChI is InChI=1S/C24H23N/c1-3-9-20(10-4-1)15-17-23-18-16-22-13-7-8-14-24(22)25(23)19-21-11-5-2-6-12-21/h1-15,17,23H,16,18-19H2/b17-15+. The first-order chi connectivity index (χ1) is 12.4. The van der Waals surface area contributed by atoms with E-state index < -0.39 is 0 Å². The lowest BCUT2D eigenvalue weighted by atomic mass is 9.94. The number of para-hydroxylation sites is 1. The van der Waals surface area contributed by atoms with Gasteiger partial charge in [-0.3, -0.25) is 0 Å². The number of anilines is 1. The predicted octanol–water partition coefficient (Wildman–Crippen LogP) is 5.72. The summed E-state index contributed by atoms with van der Waals surface area (Å²) in [5.74, 6) is 0. The molecule has 0 aromatic heterocycles. The van der Waals surface area contributed by atoms with Gasteiger partial charge in [0.1, 0.15) is 0 Å². The Morgan fingerprint density at radius 3 is 2.28 bits per heavy atom. The van der Waals surface area contributed by atoms with E-state index in [1.807, 2.05) is 0 Å². The highest BCUT2D eigenvalue weighted by Gasteiger charge is 2.24. The molecular weight excluding hydrogens is 302 g/mol. The minimum absolute atomic E-state index is 0.426. The van der Waals surface area contributed by atoms with Crippen molar-refractivity contribution in [2.45, 2.75) is 25.4 Å². The molecule has 25 heavy (non-hydrogen) atoms. The van der Waals surface area contributed by atoms with Crippen LogP contribution in [0.2, 0.25) is 0 Å². The Bertz CT molecular complexity index is 836. The summed E-state index contributed by atoms with van der Waals surface area (Å²) < 4.78 is 0. The van der Waals surface area contributed by atoms with Crippen LogP contribution in [0, 0.1) is 0 Å². The third-order valence-electron chi connectivity index (χ3n) is 4.92. The van der Waals surface area contributed by atoms with Crippen LogP contribution in [0.15, 0.2) is 91.0 Å². The number of aryl methyl sites for hydroxylation is 1. The van der Waals surface area contributed by atoms with Crippen LogP contribution < -0.4 is 4.90 Å². The Labute approximate surface area is 150 Å². The number of nitrogens with zero attached hydrogens (tertiary/aromatic N) is 1. The molecule has 1 heteroatoms. The summed E-state index contributed by atoms with van der Waals surface area (Å²) in [6.07, 6.45) is 6.93. The Hall–Kier alpha value is -2.80. The first-order valence-corrected chi connectivity index (χ1v) is 9.02. The number of fused-ring (bicyclic) bond motifs is 1. The zero-order valence-corrected chi connectivity index (χ0v) is 14.4. The van der Waals surface area contributed by atoms with E-state index in [1.165, 1.54) is 22.4 Å². The summed E-state index contributed by atoms with van der Waals surface area (Å²) in [6, 6.07) is 30.6. The average molecular weight is 325 g/mol. The van der Waals surface area contributed by atoms with Crippen molar-refractivity contribution in [1.82, 2.24) is 0 Å². The van der Waals surface area contributed by atoms with Crippen molar-refractivity contribution in [1.29, 1.82) is 0 Å². The van der Waals surface area contributed by atoms with Crippen molar-refractivity contribution < 1.29 is 0 Å². The minimum atomic E-state index is 0.426. The zero-order valence-electron chi connectivity index (χ0n) is 14.4. The highest BCUT2D eigenvalue weighted by Crippen LogP contribution is 2.32. The van der Waals surface area contributed by atoms with Gasteiger partial charge in [-0.1, -0.05) is 91.0 Å². The van der Waals surface area contributed by atoms with Gasteiger partial charge < -0.3 is 4.90 Å². The Morgan fingerprint density at radius 2 is 1.48 bits per heavy atom. The van der Waals surface area contributed by atoms with Gasteiger partial charge in [0.05, 0.1) is 0 Å². The van der Waals surface area contributed by atoms with E-state index in [2.05, 4.69) is 102 Å². The summed E-state index contributed by atoms with van der Waals surface area (Å²) in [5.41, 5.74) is 5.46. The van der Waals surface area contributed by atoms with E-state index in [-0.39, 0.29) is 0 Å². The second-order valence-corrected chi connectivity index (χ2v) is 6.62. The smallest absolute Gasteiger partial charge is 0.0483 e. The molecule has 124 valence electrons. The van der Waals surface area contributed by atoms with Crippen LogP contribution in [-0.2, 0) is 13.0 Å². The normalized spacial score (nSPS) is 16.8. The third-order valence-corrected chi connectivity index (χ3v) is 4.92. The van der Waals surface area contributed by atoms with Gasteiger partial charge in [0.2, 0.25) is 0 Å². The average Bonchev–Trinajstić information content (AvgIpc) is 2.69. The topological polar surface area (TPSA) is 3.24 Å². The molecule has 3 aromatic carbocycles. The Balaban J connectivity index is 1.64. The summed E-state index contributed by atoms with van der Waals surface area (Å²) in [5, 5.41) is 0. The summed E-state index contributed by atoms with van der Waals surface area (Å²) in [6.45, 7) is 0.946. The molecule has 0 amide bonds. The van der Waals surface area contributed by atoms with Gasteiger partial charge in [-0.05, 0) is 35.6 Å². The minimum Gasteiger partial charge on any atom is -0.361 e. The molecule has 1 atom stereocenters. The van der Waals surface area contributed by atoms with Gasteiger partial charge in [-0.2, -0.15) is 0 Å². The maximum atomic E-state index is 2.55. The quantitative estimate of drug-likeness (QED) is 0.593. The predicted molar refractivity (Wildman–Crippen MR) is 107 cm³/mol. The molecule has 1 aliphatic heterocycles. The second kappa shape index (κ2) is 7.40. The maximum Gasteiger partial charge on any atom is 0.0483 e. The largest absolute Gasteiger partial charge is 0.361 e. The number of hydrogen-bond donors (Lipinski definition) is 0. The molecule has 0 N–H and O–H groups in total. The fraction of sp³-hybridized carbons (Fsp3) is 0.167. The highest BCUT2D eigenvalue weighted by atomic mass is 15.2. The van der Waals surface area contributed by atoms with E-state index in [9.17, 15) is 0 Å². The van der Waals surface area contributed by atoms with Gasteiger partial charge in [0, 0.05) is 18.3 Å². The highest BCUT2D eigenvalue weighted by molar-refractivity contribution is 5.59. The second-order valence-electron chi connectivity index (χ2n) is 6.62. The molecule has 1 heterocycles. The summed E-state index contributed by atoms with van der Waals surface area (Å²) in [4.78, 5) is 2.55. The van der Waals surface area contributed by atoms with Gasteiger partial charge in [-0.15, -0.1) is 0 Å². The third kappa shape index (κ3) is 3.66. The van der Waals surface area contributed by atoms with Crippen LogP contribution in [-0.4, -0.2) is 6.04 Å². The number of rotatable bonds is 4. The molecule has 0 spiro atoms. The van der Waals surface area contributed by atoms with Gasteiger partial charge in [-0.25, -0.2) is 0 Å². The van der Waals surface area contributed by atoms with Crippen molar-refractivity contribution in [2.24, 2.45) is 0 Å². The SMILES string of the molecule is C(=C\C1CCc2ccccc2N1Cc1ccccc1)/c1ccccc1. The summed E-state index contributed by atoms with van der Waals surface area (Å²) >= 11 is 0. The first-order valence-electron chi connectivity index (χ1n) is 9.02. The lowest BCUT2D eigenvalue weighted by Crippen LogP contribution is -2.37. The molecule has 4 rings (SSSR count). The van der Waals surface area contributed by atoms with Crippen LogP contribution >= 0.6 is 0 Å². The van der Waals surface area contributed by atoms with Crippen LogP contribution in [0.3, 0.4) is 0 Å². The lowest BCUT2D eigenvalue weighted by Gasteiger charge is -2.37. The van der Waals surface area contributed by atoms with Crippen molar-refractivity contribution in [2.75, 3.05) is 4.90 Å². The zero-order chi connectivity index (χ0) is 16.9. The van der Waals surface area contributed by atoms with Crippen molar-refractivity contribution >= 4 is 11.8 Å². The van der Waals surface area contributed by atoms with Crippen LogP contribution in [0.4, 0.5) is 5.69 Å². The van der Waals surface area contributed by atoms with Gasteiger partial charge >= 0.3 is 0 Å². The Kier molecular flexibility index (Phi) is 4.65. The van der Waals surface area contributed by atoms with E-state index in [1.54, 1.807) is 0 Å². The molecule has 0 bridgehead atoms. The Morgan fingerprint density at radius 1 is 0.800 bits per heavy atom. The molecular formula is C24H23N. The van der Waals surface area contributed by atoms with Gasteiger partial charge in [0.25, 0.3) is 0 Å². The van der Waals surface area contributed by atoms with E-state index in [0.717, 1.165) is 19.4 Å².